The molecule has 0 aliphatic rings. The number of halogens is 5. The van der Waals surface area contributed by atoms with Gasteiger partial charge in [0.2, 0.25) is 5.13 Å². The first-order valence-corrected chi connectivity index (χ1v) is 11.8. The van der Waals surface area contributed by atoms with Gasteiger partial charge in [-0.25, -0.2) is 0 Å². The molecular weight excluding hydrogens is 506 g/mol. The fourth-order valence-corrected chi connectivity index (χ4v) is 4.41. The van der Waals surface area contributed by atoms with Crippen molar-refractivity contribution in [3.05, 3.63) is 93.5 Å². The lowest BCUT2D eigenvalue weighted by atomic mass is 9.98. The van der Waals surface area contributed by atoms with Crippen LogP contribution in [0.3, 0.4) is 0 Å². The molecule has 1 N–H and O–H groups in total. The molecule has 0 radical (unpaired) electrons. The molecule has 0 bridgehead atoms. The Morgan fingerprint density at radius 2 is 1.68 bits per heavy atom. The predicted molar refractivity (Wildman–Crippen MR) is 130 cm³/mol. The van der Waals surface area contributed by atoms with Crippen molar-refractivity contribution in [2.45, 2.75) is 19.2 Å². The minimum absolute atomic E-state index is 0.335. The quantitative estimate of drug-likeness (QED) is 0.264. The zero-order chi connectivity index (χ0) is 24.3. The molecule has 1 heterocycles. The first-order valence-electron chi connectivity index (χ1n) is 10.2. The van der Waals surface area contributed by atoms with Crippen molar-refractivity contribution in [3.8, 4) is 10.6 Å². The van der Waals surface area contributed by atoms with E-state index in [1.165, 1.54) is 17.4 Å². The molecule has 1 unspecified atom stereocenters. The van der Waals surface area contributed by atoms with Gasteiger partial charge in [-0.1, -0.05) is 64.9 Å². The Balaban J connectivity index is 1.61. The van der Waals surface area contributed by atoms with Crippen molar-refractivity contribution >= 4 is 45.4 Å². The molecule has 1 atom stereocenters. The van der Waals surface area contributed by atoms with Gasteiger partial charge in [-0.15, -0.1) is 10.2 Å². The van der Waals surface area contributed by atoms with Gasteiger partial charge >= 0.3 is 6.18 Å². The van der Waals surface area contributed by atoms with Gasteiger partial charge in [-0.2, -0.15) is 13.2 Å². The van der Waals surface area contributed by atoms with Gasteiger partial charge in [0.1, 0.15) is 11.1 Å². The van der Waals surface area contributed by atoms with Gasteiger partial charge in [0.25, 0.3) is 0 Å². The van der Waals surface area contributed by atoms with Crippen LogP contribution in [0, 0.1) is 0 Å². The summed E-state index contributed by atoms with van der Waals surface area (Å²) in [6.45, 7) is 2.14. The van der Waals surface area contributed by atoms with Gasteiger partial charge < -0.3 is 10.1 Å². The van der Waals surface area contributed by atoms with E-state index in [2.05, 4.69) is 15.5 Å². The van der Waals surface area contributed by atoms with E-state index in [0.29, 0.717) is 43.6 Å². The van der Waals surface area contributed by atoms with E-state index in [1.54, 1.807) is 31.2 Å². The summed E-state index contributed by atoms with van der Waals surface area (Å²) in [6, 6.07) is 17.7. The summed E-state index contributed by atoms with van der Waals surface area (Å²) in [5.41, 5.74) is 1.91. The van der Waals surface area contributed by atoms with Crippen molar-refractivity contribution in [1.29, 1.82) is 0 Å². The first kappa shape index (κ1) is 24.5. The van der Waals surface area contributed by atoms with Crippen molar-refractivity contribution < 1.29 is 17.9 Å². The van der Waals surface area contributed by atoms with Crippen LogP contribution in [0.25, 0.3) is 10.6 Å². The van der Waals surface area contributed by atoms with Crippen LogP contribution >= 0.6 is 34.5 Å². The highest BCUT2D eigenvalue weighted by atomic mass is 35.5. The highest BCUT2D eigenvalue weighted by Crippen LogP contribution is 2.36. The summed E-state index contributed by atoms with van der Waals surface area (Å²) in [4.78, 5) is 0. The highest BCUT2D eigenvalue weighted by Gasteiger charge is 2.31. The van der Waals surface area contributed by atoms with Gasteiger partial charge in [0.05, 0.1) is 15.6 Å². The number of hydrogen-bond acceptors (Lipinski definition) is 5. The van der Waals surface area contributed by atoms with E-state index in [9.17, 15) is 13.2 Å². The van der Waals surface area contributed by atoms with Crippen LogP contribution in [-0.4, -0.2) is 16.8 Å². The lowest BCUT2D eigenvalue weighted by Gasteiger charge is -2.20. The molecule has 0 aliphatic heterocycles. The average Bonchev–Trinajstić information content (AvgIpc) is 3.28. The van der Waals surface area contributed by atoms with Gasteiger partial charge in [0.15, 0.2) is 0 Å². The Kier molecular flexibility index (Phi) is 7.42. The van der Waals surface area contributed by atoms with Crippen LogP contribution < -0.4 is 5.32 Å². The molecule has 1 aromatic heterocycles. The Morgan fingerprint density at radius 1 is 0.941 bits per heavy atom. The monoisotopic (exact) mass is 523 g/mol. The molecular formula is C24H18Cl2F3N3OS. The largest absolute Gasteiger partial charge is 0.416 e. The lowest BCUT2D eigenvalue weighted by molar-refractivity contribution is -0.137. The zero-order valence-electron chi connectivity index (χ0n) is 17.7. The molecule has 0 saturated heterocycles. The lowest BCUT2D eigenvalue weighted by Crippen LogP contribution is -2.10. The Labute approximate surface area is 208 Å². The number of ether oxygens (including phenoxy) is 1. The maximum Gasteiger partial charge on any atom is 0.416 e. The minimum atomic E-state index is -4.43. The molecule has 0 fully saturated rings. The minimum Gasteiger partial charge on any atom is -0.369 e. The third kappa shape index (κ3) is 5.70. The van der Waals surface area contributed by atoms with Crippen molar-refractivity contribution in [1.82, 2.24) is 10.2 Å². The number of alkyl halides is 3. The summed E-state index contributed by atoms with van der Waals surface area (Å²) >= 11 is 13.3. The van der Waals surface area contributed by atoms with E-state index < -0.39 is 17.8 Å². The van der Waals surface area contributed by atoms with Crippen molar-refractivity contribution in [3.63, 3.8) is 0 Å². The van der Waals surface area contributed by atoms with Gasteiger partial charge in [0, 0.05) is 17.9 Å². The maximum atomic E-state index is 13.2. The fraction of sp³-hybridized carbons (Fsp3) is 0.167. The van der Waals surface area contributed by atoms with E-state index >= 15 is 0 Å². The van der Waals surface area contributed by atoms with Crippen LogP contribution in [0.5, 0.6) is 0 Å². The second kappa shape index (κ2) is 10.3. The number of rotatable bonds is 7. The molecule has 0 saturated carbocycles. The first-order chi connectivity index (χ1) is 16.2. The normalized spacial score (nSPS) is 12.5. The summed E-state index contributed by atoms with van der Waals surface area (Å²) in [5, 5.41) is 13.6. The molecule has 4 rings (SSSR count). The summed E-state index contributed by atoms with van der Waals surface area (Å²) in [6.07, 6.45) is -5.09. The second-order valence-corrected chi connectivity index (χ2v) is 9.04. The number of benzene rings is 3. The van der Waals surface area contributed by atoms with Gasteiger partial charge in [-0.3, -0.25) is 0 Å². The second-order valence-electron chi connectivity index (χ2n) is 7.25. The van der Waals surface area contributed by atoms with Crippen LogP contribution in [0.4, 0.5) is 24.0 Å². The standard InChI is InChI=1S/C24H18Cl2F3N3OS/c1-2-33-21(15-6-4-8-17(12-15)24(27,28)29)14-5-3-7-16(11-14)22-31-32-23(34-22)30-18-9-10-19(25)20(26)13-18/h3-13,21H,2H2,1H3,(H,30,32). The van der Waals surface area contributed by atoms with E-state index in [0.717, 1.165) is 17.7 Å². The Morgan fingerprint density at radius 3 is 2.38 bits per heavy atom. The highest BCUT2D eigenvalue weighted by molar-refractivity contribution is 7.18. The third-order valence-corrected chi connectivity index (χ3v) is 6.51. The van der Waals surface area contributed by atoms with Crippen LogP contribution in [0.1, 0.15) is 29.7 Å². The molecule has 0 spiro atoms. The fourth-order valence-electron chi connectivity index (χ4n) is 3.35. The van der Waals surface area contributed by atoms with E-state index in [4.69, 9.17) is 27.9 Å². The number of anilines is 2. The molecule has 0 amide bonds. The van der Waals surface area contributed by atoms with E-state index in [-0.39, 0.29) is 0 Å². The van der Waals surface area contributed by atoms with Crippen LogP contribution in [0.15, 0.2) is 66.7 Å². The third-order valence-electron chi connectivity index (χ3n) is 4.88. The van der Waals surface area contributed by atoms with Gasteiger partial charge in [-0.05, 0) is 54.4 Å². The molecule has 0 aliphatic carbocycles. The number of nitrogens with one attached hydrogen (secondary N) is 1. The summed E-state index contributed by atoms with van der Waals surface area (Å²) in [7, 11) is 0. The van der Waals surface area contributed by atoms with Crippen LogP contribution in [0.2, 0.25) is 10.0 Å². The number of nitrogens with zero attached hydrogens (tertiary/aromatic N) is 2. The topological polar surface area (TPSA) is 47.0 Å². The number of aromatic nitrogens is 2. The van der Waals surface area contributed by atoms with Crippen LogP contribution in [-0.2, 0) is 10.9 Å². The van der Waals surface area contributed by atoms with E-state index in [1.807, 2.05) is 24.3 Å². The predicted octanol–water partition coefficient (Wildman–Crippen LogP) is 8.40. The summed E-state index contributed by atoms with van der Waals surface area (Å²) < 4.78 is 45.5. The summed E-state index contributed by atoms with van der Waals surface area (Å²) in [5.74, 6) is 0. The van der Waals surface area contributed by atoms with Crippen molar-refractivity contribution in [2.75, 3.05) is 11.9 Å². The zero-order valence-corrected chi connectivity index (χ0v) is 20.1. The molecule has 176 valence electrons. The molecule has 10 heteroatoms. The molecule has 3 aromatic carbocycles. The average molecular weight is 524 g/mol. The smallest absolute Gasteiger partial charge is 0.369 e. The number of hydrogen-bond donors (Lipinski definition) is 1. The molecule has 4 aromatic rings. The Bertz CT molecular complexity index is 1300. The van der Waals surface area contributed by atoms with Crippen molar-refractivity contribution in [2.24, 2.45) is 0 Å². The molecule has 34 heavy (non-hydrogen) atoms. The maximum absolute atomic E-state index is 13.2. The SMILES string of the molecule is CCOC(c1cccc(-c2nnc(Nc3ccc(Cl)c(Cl)c3)s2)c1)c1cccc(C(F)(F)F)c1. The molecule has 4 nitrogen and oxygen atoms in total. The Hall–Kier alpha value is -2.65.